The fourth-order valence-corrected chi connectivity index (χ4v) is 2.77. The Morgan fingerprint density at radius 3 is 2.63 bits per heavy atom. The highest BCUT2D eigenvalue weighted by atomic mass is 32.1. The number of nitrogens with two attached hydrogens (primary N) is 1. The zero-order valence-electron chi connectivity index (χ0n) is 11.9. The van der Waals surface area contributed by atoms with Crippen LogP contribution in [0.5, 0.6) is 5.75 Å². The van der Waals surface area contributed by atoms with Crippen LogP contribution in [0.25, 0.3) is 11.3 Å². The zero-order valence-corrected chi connectivity index (χ0v) is 12.7. The van der Waals surface area contributed by atoms with Gasteiger partial charge in [-0.3, -0.25) is 0 Å². The van der Waals surface area contributed by atoms with E-state index in [1.165, 1.54) is 5.56 Å². The minimum atomic E-state index is -0.0112. The molecule has 2 N–H and O–H groups in total. The molecule has 102 valence electrons. The molecule has 1 heterocycles. The van der Waals surface area contributed by atoms with E-state index in [4.69, 9.17) is 10.5 Å². The first-order valence-corrected chi connectivity index (χ1v) is 7.36. The van der Waals surface area contributed by atoms with Gasteiger partial charge in [0.25, 0.3) is 0 Å². The lowest BCUT2D eigenvalue weighted by molar-refractivity contribution is 0.337. The van der Waals surface area contributed by atoms with Gasteiger partial charge >= 0.3 is 0 Å². The number of hydrogen-bond acceptors (Lipinski definition) is 4. The van der Waals surface area contributed by atoms with Crippen LogP contribution in [0.15, 0.2) is 17.5 Å². The molecule has 0 fully saturated rings. The summed E-state index contributed by atoms with van der Waals surface area (Å²) in [5.41, 5.74) is 10.3. The lowest BCUT2D eigenvalue weighted by atomic mass is 10.0. The lowest BCUT2D eigenvalue weighted by Crippen LogP contribution is -2.04. The number of aryl methyl sites for hydroxylation is 2. The van der Waals surface area contributed by atoms with Crippen molar-refractivity contribution >= 4 is 11.3 Å². The van der Waals surface area contributed by atoms with E-state index in [0.29, 0.717) is 6.61 Å². The summed E-state index contributed by atoms with van der Waals surface area (Å²) in [6.07, 6.45) is 0. The van der Waals surface area contributed by atoms with Gasteiger partial charge in [0.1, 0.15) is 10.8 Å². The molecular formula is C15H20N2OS. The van der Waals surface area contributed by atoms with Crippen molar-refractivity contribution in [2.45, 2.75) is 33.7 Å². The first-order chi connectivity index (χ1) is 9.02. The third-order valence-electron chi connectivity index (χ3n) is 3.01. The standard InChI is InChI=1S/C15H20N2OS/c1-5-18-14-7-9(2)12(6-10(14)3)13-8-19-15(17-13)11(4)16/h6-8,11H,5,16H2,1-4H3. The van der Waals surface area contributed by atoms with Crippen molar-refractivity contribution in [1.82, 2.24) is 4.98 Å². The predicted octanol–water partition coefficient (Wildman–Crippen LogP) is 3.85. The Balaban J connectivity index is 2.41. The highest BCUT2D eigenvalue weighted by Crippen LogP contribution is 2.31. The van der Waals surface area contributed by atoms with E-state index in [1.807, 2.05) is 13.8 Å². The molecule has 0 bridgehead atoms. The number of ether oxygens (including phenoxy) is 1. The summed E-state index contributed by atoms with van der Waals surface area (Å²) in [7, 11) is 0. The predicted molar refractivity (Wildman–Crippen MR) is 80.8 cm³/mol. The van der Waals surface area contributed by atoms with E-state index in [1.54, 1.807) is 11.3 Å². The molecule has 3 nitrogen and oxygen atoms in total. The van der Waals surface area contributed by atoms with Gasteiger partial charge in [0.05, 0.1) is 18.3 Å². The molecule has 0 aliphatic heterocycles. The first kappa shape index (κ1) is 14.0. The maximum Gasteiger partial charge on any atom is 0.122 e. The summed E-state index contributed by atoms with van der Waals surface area (Å²) < 4.78 is 5.61. The largest absolute Gasteiger partial charge is 0.494 e. The molecule has 1 aromatic carbocycles. The lowest BCUT2D eigenvalue weighted by Gasteiger charge is -2.11. The summed E-state index contributed by atoms with van der Waals surface area (Å²) in [4.78, 5) is 4.61. The third-order valence-corrected chi connectivity index (χ3v) is 4.05. The average Bonchev–Trinajstić information content (AvgIpc) is 2.83. The van der Waals surface area contributed by atoms with E-state index in [0.717, 1.165) is 27.6 Å². The summed E-state index contributed by atoms with van der Waals surface area (Å²) in [6.45, 7) is 8.79. The second kappa shape index (κ2) is 5.72. The van der Waals surface area contributed by atoms with Crippen LogP contribution in [0.4, 0.5) is 0 Å². The second-order valence-electron chi connectivity index (χ2n) is 4.73. The summed E-state index contributed by atoms with van der Waals surface area (Å²) in [5, 5.41) is 3.04. The molecule has 0 aliphatic rings. The molecule has 0 spiro atoms. The van der Waals surface area contributed by atoms with E-state index in [9.17, 15) is 0 Å². The summed E-state index contributed by atoms with van der Waals surface area (Å²) in [5.74, 6) is 0.950. The minimum Gasteiger partial charge on any atom is -0.494 e. The SMILES string of the molecule is CCOc1cc(C)c(-c2csc(C(C)N)n2)cc1C. The van der Waals surface area contributed by atoms with Crippen LogP contribution in [0.3, 0.4) is 0 Å². The van der Waals surface area contributed by atoms with Gasteiger partial charge in [-0.15, -0.1) is 11.3 Å². The minimum absolute atomic E-state index is 0.0112. The van der Waals surface area contributed by atoms with Crippen molar-refractivity contribution in [1.29, 1.82) is 0 Å². The fraction of sp³-hybridized carbons (Fsp3) is 0.400. The van der Waals surface area contributed by atoms with Crippen LogP contribution in [0.2, 0.25) is 0 Å². The van der Waals surface area contributed by atoms with Crippen molar-refractivity contribution in [2.24, 2.45) is 5.73 Å². The molecule has 1 aromatic heterocycles. The van der Waals surface area contributed by atoms with Crippen molar-refractivity contribution in [2.75, 3.05) is 6.61 Å². The molecular weight excluding hydrogens is 256 g/mol. The molecule has 0 radical (unpaired) electrons. The van der Waals surface area contributed by atoms with Crippen LogP contribution in [0, 0.1) is 13.8 Å². The summed E-state index contributed by atoms with van der Waals surface area (Å²) >= 11 is 1.61. The number of thiazole rings is 1. The molecule has 0 aliphatic carbocycles. The quantitative estimate of drug-likeness (QED) is 0.922. The highest BCUT2D eigenvalue weighted by Gasteiger charge is 2.12. The van der Waals surface area contributed by atoms with Crippen LogP contribution in [0.1, 0.15) is 36.0 Å². The smallest absolute Gasteiger partial charge is 0.122 e. The van der Waals surface area contributed by atoms with Gasteiger partial charge in [0, 0.05) is 10.9 Å². The van der Waals surface area contributed by atoms with Crippen molar-refractivity contribution in [3.8, 4) is 17.0 Å². The fourth-order valence-electron chi connectivity index (χ4n) is 2.00. The molecule has 1 atom stereocenters. The van der Waals surface area contributed by atoms with Gasteiger partial charge in [-0.05, 0) is 51.0 Å². The molecule has 0 saturated heterocycles. The number of rotatable bonds is 4. The van der Waals surface area contributed by atoms with Crippen molar-refractivity contribution in [3.63, 3.8) is 0 Å². The molecule has 0 amide bonds. The Bertz CT molecular complexity index is 576. The Hall–Kier alpha value is -1.39. The number of aromatic nitrogens is 1. The second-order valence-corrected chi connectivity index (χ2v) is 5.61. The maximum absolute atomic E-state index is 5.86. The Labute approximate surface area is 118 Å². The third kappa shape index (κ3) is 2.96. The highest BCUT2D eigenvalue weighted by molar-refractivity contribution is 7.10. The Morgan fingerprint density at radius 2 is 2.05 bits per heavy atom. The number of hydrogen-bond donors (Lipinski definition) is 1. The Kier molecular flexibility index (Phi) is 4.22. The van der Waals surface area contributed by atoms with E-state index in [-0.39, 0.29) is 6.04 Å². The van der Waals surface area contributed by atoms with Gasteiger partial charge in [0.15, 0.2) is 0 Å². The molecule has 2 aromatic rings. The zero-order chi connectivity index (χ0) is 14.0. The van der Waals surface area contributed by atoms with Crippen LogP contribution >= 0.6 is 11.3 Å². The van der Waals surface area contributed by atoms with Crippen molar-refractivity contribution in [3.05, 3.63) is 33.6 Å². The molecule has 1 unspecified atom stereocenters. The van der Waals surface area contributed by atoms with Gasteiger partial charge < -0.3 is 10.5 Å². The van der Waals surface area contributed by atoms with E-state index >= 15 is 0 Å². The summed E-state index contributed by atoms with van der Waals surface area (Å²) in [6, 6.07) is 4.21. The molecule has 4 heteroatoms. The monoisotopic (exact) mass is 276 g/mol. The molecule has 2 rings (SSSR count). The molecule has 19 heavy (non-hydrogen) atoms. The normalized spacial score (nSPS) is 12.5. The van der Waals surface area contributed by atoms with Crippen molar-refractivity contribution < 1.29 is 4.74 Å². The van der Waals surface area contributed by atoms with Gasteiger partial charge in [0.2, 0.25) is 0 Å². The van der Waals surface area contributed by atoms with Crippen LogP contribution < -0.4 is 10.5 Å². The first-order valence-electron chi connectivity index (χ1n) is 6.48. The molecule has 0 saturated carbocycles. The van der Waals surface area contributed by atoms with Crippen LogP contribution in [-0.2, 0) is 0 Å². The number of benzene rings is 1. The van der Waals surface area contributed by atoms with Crippen LogP contribution in [-0.4, -0.2) is 11.6 Å². The average molecular weight is 276 g/mol. The Morgan fingerprint density at radius 1 is 1.32 bits per heavy atom. The number of nitrogens with zero attached hydrogens (tertiary/aromatic N) is 1. The topological polar surface area (TPSA) is 48.1 Å². The van der Waals surface area contributed by atoms with E-state index in [2.05, 4.69) is 36.3 Å². The van der Waals surface area contributed by atoms with E-state index < -0.39 is 0 Å². The van der Waals surface area contributed by atoms with Gasteiger partial charge in [-0.25, -0.2) is 4.98 Å². The van der Waals surface area contributed by atoms with Gasteiger partial charge in [-0.2, -0.15) is 0 Å². The van der Waals surface area contributed by atoms with Gasteiger partial charge in [-0.1, -0.05) is 0 Å². The maximum atomic E-state index is 5.86.